The molecule has 1 saturated carbocycles. The van der Waals surface area contributed by atoms with Gasteiger partial charge in [-0.05, 0) is 30.9 Å². The van der Waals surface area contributed by atoms with Crippen molar-refractivity contribution in [2.24, 2.45) is 5.92 Å². The van der Waals surface area contributed by atoms with Crippen LogP contribution in [0.2, 0.25) is 0 Å². The van der Waals surface area contributed by atoms with E-state index < -0.39 is 0 Å². The van der Waals surface area contributed by atoms with Crippen molar-refractivity contribution in [3.05, 3.63) is 34.7 Å². The number of anilines is 1. The van der Waals surface area contributed by atoms with E-state index in [2.05, 4.69) is 18.4 Å². The van der Waals surface area contributed by atoms with Gasteiger partial charge in [0, 0.05) is 22.5 Å². The van der Waals surface area contributed by atoms with Crippen molar-refractivity contribution in [2.45, 2.75) is 32.1 Å². The van der Waals surface area contributed by atoms with Gasteiger partial charge in [0.1, 0.15) is 0 Å². The van der Waals surface area contributed by atoms with Crippen LogP contribution in [-0.4, -0.2) is 4.98 Å². The van der Waals surface area contributed by atoms with Gasteiger partial charge in [0.15, 0.2) is 0 Å². The predicted molar refractivity (Wildman–Crippen MR) is 77.7 cm³/mol. The largest absolute Gasteiger partial charge is 0.399 e. The van der Waals surface area contributed by atoms with Crippen LogP contribution in [-0.2, 0) is 0 Å². The molecule has 94 valence electrons. The van der Waals surface area contributed by atoms with Crippen LogP contribution >= 0.6 is 11.3 Å². The second-order valence-corrected chi connectivity index (χ2v) is 6.20. The molecule has 1 aliphatic carbocycles. The lowest BCUT2D eigenvalue weighted by Gasteiger charge is -2.04. The molecule has 2 atom stereocenters. The molecule has 2 nitrogen and oxygen atoms in total. The van der Waals surface area contributed by atoms with Crippen LogP contribution in [0.1, 0.15) is 37.1 Å². The number of hydrogen-bond donors (Lipinski definition) is 1. The fourth-order valence-corrected chi connectivity index (χ4v) is 3.72. The van der Waals surface area contributed by atoms with Crippen LogP contribution < -0.4 is 5.73 Å². The van der Waals surface area contributed by atoms with Crippen molar-refractivity contribution in [3.63, 3.8) is 0 Å². The van der Waals surface area contributed by atoms with Crippen LogP contribution in [0.5, 0.6) is 0 Å². The van der Waals surface area contributed by atoms with Crippen LogP contribution in [0.25, 0.3) is 11.3 Å². The van der Waals surface area contributed by atoms with E-state index in [4.69, 9.17) is 10.7 Å². The third-order valence-corrected chi connectivity index (χ3v) is 4.76. The van der Waals surface area contributed by atoms with Crippen molar-refractivity contribution in [3.8, 4) is 11.3 Å². The van der Waals surface area contributed by atoms with Crippen molar-refractivity contribution < 1.29 is 0 Å². The average molecular weight is 258 g/mol. The minimum atomic E-state index is 0.680. The van der Waals surface area contributed by atoms with Crippen LogP contribution in [0, 0.1) is 5.92 Å². The van der Waals surface area contributed by atoms with Gasteiger partial charge in [-0.1, -0.05) is 25.5 Å². The summed E-state index contributed by atoms with van der Waals surface area (Å²) in [5.41, 5.74) is 8.82. The summed E-state index contributed by atoms with van der Waals surface area (Å²) in [6.45, 7) is 2.34. The summed E-state index contributed by atoms with van der Waals surface area (Å²) in [7, 11) is 0. The molecule has 2 N–H and O–H groups in total. The summed E-state index contributed by atoms with van der Waals surface area (Å²) in [5, 5.41) is 3.46. The Labute approximate surface area is 112 Å². The Morgan fingerprint density at radius 1 is 1.33 bits per heavy atom. The summed E-state index contributed by atoms with van der Waals surface area (Å²) < 4.78 is 0. The second kappa shape index (κ2) is 4.73. The molecule has 18 heavy (non-hydrogen) atoms. The SMILES string of the molecule is CC1CCC(c2nc(-c3cccc(N)c3)cs2)C1. The normalized spacial score (nSPS) is 23.4. The first-order chi connectivity index (χ1) is 8.72. The molecule has 1 aromatic heterocycles. The topological polar surface area (TPSA) is 38.9 Å². The van der Waals surface area contributed by atoms with E-state index in [1.165, 1.54) is 24.3 Å². The third-order valence-electron chi connectivity index (χ3n) is 3.75. The highest BCUT2D eigenvalue weighted by molar-refractivity contribution is 7.10. The molecule has 0 spiro atoms. The van der Waals surface area contributed by atoms with Crippen molar-refractivity contribution in [1.82, 2.24) is 4.98 Å². The Morgan fingerprint density at radius 2 is 2.22 bits per heavy atom. The first-order valence-electron chi connectivity index (χ1n) is 6.53. The monoisotopic (exact) mass is 258 g/mol. The minimum Gasteiger partial charge on any atom is -0.399 e. The average Bonchev–Trinajstić information content (AvgIpc) is 2.97. The Bertz CT molecular complexity index is 547. The number of thiazole rings is 1. The molecule has 0 saturated heterocycles. The van der Waals surface area contributed by atoms with E-state index in [1.54, 1.807) is 11.3 Å². The zero-order valence-corrected chi connectivity index (χ0v) is 11.4. The van der Waals surface area contributed by atoms with Gasteiger partial charge in [-0.3, -0.25) is 0 Å². The summed E-state index contributed by atoms with van der Waals surface area (Å²) in [6.07, 6.45) is 3.94. The van der Waals surface area contributed by atoms with Crippen LogP contribution in [0.15, 0.2) is 29.6 Å². The van der Waals surface area contributed by atoms with E-state index in [1.807, 2.05) is 18.2 Å². The molecule has 1 aliphatic rings. The maximum atomic E-state index is 5.82. The molecule has 3 rings (SSSR count). The summed E-state index contributed by atoms with van der Waals surface area (Å²) in [6, 6.07) is 7.97. The van der Waals surface area contributed by atoms with Crippen LogP contribution in [0.3, 0.4) is 0 Å². The zero-order valence-electron chi connectivity index (χ0n) is 10.6. The summed E-state index contributed by atoms with van der Waals surface area (Å²) in [5.74, 6) is 1.54. The van der Waals surface area contributed by atoms with E-state index in [-0.39, 0.29) is 0 Å². The summed E-state index contributed by atoms with van der Waals surface area (Å²) in [4.78, 5) is 4.80. The van der Waals surface area contributed by atoms with Gasteiger partial charge in [-0.15, -0.1) is 11.3 Å². The third kappa shape index (κ3) is 2.27. The smallest absolute Gasteiger partial charge is 0.0963 e. The highest BCUT2D eigenvalue weighted by Crippen LogP contribution is 2.40. The number of nitrogen functional groups attached to an aromatic ring is 1. The fourth-order valence-electron chi connectivity index (χ4n) is 2.74. The van der Waals surface area contributed by atoms with E-state index >= 15 is 0 Å². The fraction of sp³-hybridized carbons (Fsp3) is 0.400. The molecule has 1 fully saturated rings. The zero-order chi connectivity index (χ0) is 12.5. The first kappa shape index (κ1) is 11.7. The molecule has 0 aliphatic heterocycles. The first-order valence-corrected chi connectivity index (χ1v) is 7.41. The van der Waals surface area contributed by atoms with E-state index in [0.29, 0.717) is 5.92 Å². The molecule has 0 amide bonds. The van der Waals surface area contributed by atoms with Gasteiger partial charge in [0.25, 0.3) is 0 Å². The van der Waals surface area contributed by atoms with Gasteiger partial charge in [0.05, 0.1) is 10.7 Å². The Hall–Kier alpha value is -1.35. The van der Waals surface area contributed by atoms with Crippen molar-refractivity contribution >= 4 is 17.0 Å². The lowest BCUT2D eigenvalue weighted by molar-refractivity contribution is 0.596. The van der Waals surface area contributed by atoms with Crippen LogP contribution in [0.4, 0.5) is 5.69 Å². The highest BCUT2D eigenvalue weighted by Gasteiger charge is 2.25. The molecule has 0 radical (unpaired) electrons. The molecule has 3 heteroatoms. The number of hydrogen-bond acceptors (Lipinski definition) is 3. The quantitative estimate of drug-likeness (QED) is 0.816. The molecular formula is C15H18N2S. The number of rotatable bonds is 2. The van der Waals surface area contributed by atoms with E-state index in [9.17, 15) is 0 Å². The Balaban J connectivity index is 1.85. The predicted octanol–water partition coefficient (Wildman–Crippen LogP) is 4.30. The molecule has 1 aromatic carbocycles. The Morgan fingerprint density at radius 3 is 2.94 bits per heavy atom. The molecule has 2 unspecified atom stereocenters. The lowest BCUT2D eigenvalue weighted by atomic mass is 10.1. The Kier molecular flexibility index (Phi) is 3.08. The minimum absolute atomic E-state index is 0.680. The van der Waals surface area contributed by atoms with Gasteiger partial charge in [0.2, 0.25) is 0 Å². The number of nitrogens with zero attached hydrogens (tertiary/aromatic N) is 1. The van der Waals surface area contributed by atoms with Crippen molar-refractivity contribution in [2.75, 3.05) is 5.73 Å². The number of benzene rings is 1. The standard InChI is InChI=1S/C15H18N2S/c1-10-5-6-12(7-10)15-17-14(9-18-15)11-3-2-4-13(16)8-11/h2-4,8-10,12H,5-7,16H2,1H3. The van der Waals surface area contributed by atoms with Crippen molar-refractivity contribution in [1.29, 1.82) is 0 Å². The maximum absolute atomic E-state index is 5.82. The van der Waals surface area contributed by atoms with Gasteiger partial charge in [-0.2, -0.15) is 0 Å². The second-order valence-electron chi connectivity index (χ2n) is 5.31. The molecule has 1 heterocycles. The van der Waals surface area contributed by atoms with Gasteiger partial charge in [-0.25, -0.2) is 4.98 Å². The van der Waals surface area contributed by atoms with Gasteiger partial charge >= 0.3 is 0 Å². The number of nitrogens with two attached hydrogens (primary N) is 1. The molecule has 2 aromatic rings. The molecule has 0 bridgehead atoms. The van der Waals surface area contributed by atoms with Gasteiger partial charge < -0.3 is 5.73 Å². The maximum Gasteiger partial charge on any atom is 0.0963 e. The lowest BCUT2D eigenvalue weighted by Crippen LogP contribution is -1.93. The highest BCUT2D eigenvalue weighted by atomic mass is 32.1. The number of aromatic nitrogens is 1. The van der Waals surface area contributed by atoms with E-state index in [0.717, 1.165) is 22.9 Å². The summed E-state index contributed by atoms with van der Waals surface area (Å²) >= 11 is 1.80. The molecular weight excluding hydrogens is 240 g/mol.